The number of allylic oxidation sites excluding steroid dienone is 2. The molecule has 0 saturated carbocycles. The third-order valence-corrected chi connectivity index (χ3v) is 13.2. The number of aliphatic hydroxyl groups is 2. The van der Waals surface area contributed by atoms with Crippen molar-refractivity contribution >= 4 is 35.3 Å². The fraction of sp³-hybridized carbons (Fsp3) is 0.288. The maximum absolute atomic E-state index is 10.5. The van der Waals surface area contributed by atoms with Crippen molar-refractivity contribution < 1.29 is 10.2 Å². The molecule has 0 saturated heterocycles. The normalized spacial score (nSPS) is 16.1. The van der Waals surface area contributed by atoms with Gasteiger partial charge in [0.25, 0.3) is 0 Å². The second-order valence-electron chi connectivity index (χ2n) is 17.3. The average Bonchev–Trinajstić information content (AvgIpc) is 3.59. The minimum atomic E-state index is -0.117. The first-order valence-electron chi connectivity index (χ1n) is 23.3. The van der Waals surface area contributed by atoms with Gasteiger partial charge in [-0.15, -0.1) is 0 Å². The molecule has 1 aliphatic carbocycles. The fourth-order valence-corrected chi connectivity index (χ4v) is 9.53. The van der Waals surface area contributed by atoms with Crippen LogP contribution in [-0.4, -0.2) is 22.6 Å². The standard InChI is InChI=1S/C59H64N2O2/c1-5-9-17-43(7-3)41-59(42-44(8-4)18-10-6-2)55-39-49(45-23-29-51(30-24-45)60-37-35-57(62)47-19-13-11-14-20-47)27-33-53(55)54-34-28-50(40-56(54)59)46-25-31-52(32-26-46)61-38-36-58(63)48-21-15-12-16-22-48/h11-16,19-40,43-44,62-63H,5-10,17-18,41-42H2,1-4H3/b57-35-,58-36-,60-37?,61-38?. The van der Waals surface area contributed by atoms with Crippen LogP contribution < -0.4 is 0 Å². The molecule has 4 nitrogen and oxygen atoms in total. The van der Waals surface area contributed by atoms with Crippen molar-refractivity contribution in [2.45, 2.75) is 97.3 Å². The molecule has 0 aliphatic heterocycles. The highest BCUT2D eigenvalue weighted by Crippen LogP contribution is 2.57. The fourth-order valence-electron chi connectivity index (χ4n) is 9.53. The van der Waals surface area contributed by atoms with Gasteiger partial charge in [-0.3, -0.25) is 9.98 Å². The minimum absolute atomic E-state index is 0.117. The van der Waals surface area contributed by atoms with Crippen LogP contribution in [0.3, 0.4) is 0 Å². The lowest BCUT2D eigenvalue weighted by Gasteiger charge is -2.39. The average molecular weight is 833 g/mol. The maximum atomic E-state index is 10.5. The van der Waals surface area contributed by atoms with Crippen molar-refractivity contribution in [1.29, 1.82) is 0 Å². The maximum Gasteiger partial charge on any atom is 0.124 e. The number of unbranched alkanes of at least 4 members (excludes halogenated alkanes) is 2. The van der Waals surface area contributed by atoms with Gasteiger partial charge in [-0.1, -0.05) is 188 Å². The Balaban J connectivity index is 1.25. The highest BCUT2D eigenvalue weighted by Gasteiger charge is 2.45. The van der Waals surface area contributed by atoms with E-state index in [2.05, 4.69) is 123 Å². The number of benzene rings is 6. The summed E-state index contributed by atoms with van der Waals surface area (Å²) in [6.07, 6.45) is 18.7. The molecule has 1 aliphatic rings. The Morgan fingerprint density at radius 3 is 1.24 bits per heavy atom. The molecule has 63 heavy (non-hydrogen) atoms. The molecule has 2 unspecified atom stereocenters. The molecule has 2 atom stereocenters. The number of hydrogen-bond acceptors (Lipinski definition) is 4. The van der Waals surface area contributed by atoms with E-state index in [1.807, 2.05) is 60.7 Å². The second-order valence-corrected chi connectivity index (χ2v) is 17.3. The van der Waals surface area contributed by atoms with Gasteiger partial charge in [0.05, 0.1) is 11.4 Å². The van der Waals surface area contributed by atoms with Crippen LogP contribution >= 0.6 is 0 Å². The molecule has 7 rings (SSSR count). The molecule has 0 heterocycles. The van der Waals surface area contributed by atoms with E-state index in [4.69, 9.17) is 0 Å². The first-order valence-corrected chi connectivity index (χ1v) is 23.3. The van der Waals surface area contributed by atoms with Crippen LogP contribution in [-0.2, 0) is 5.41 Å². The Hall–Kier alpha value is -6.26. The molecule has 6 aromatic carbocycles. The predicted molar refractivity (Wildman–Crippen MR) is 270 cm³/mol. The lowest BCUT2D eigenvalue weighted by molar-refractivity contribution is 0.266. The Morgan fingerprint density at radius 1 is 0.492 bits per heavy atom. The zero-order valence-corrected chi connectivity index (χ0v) is 37.7. The smallest absolute Gasteiger partial charge is 0.124 e. The molecule has 0 amide bonds. The number of aliphatic hydroxyl groups excluding tert-OH is 2. The van der Waals surface area contributed by atoms with Gasteiger partial charge in [0.1, 0.15) is 11.5 Å². The van der Waals surface area contributed by atoms with E-state index in [1.54, 1.807) is 24.6 Å². The van der Waals surface area contributed by atoms with E-state index in [0.29, 0.717) is 11.8 Å². The van der Waals surface area contributed by atoms with Gasteiger partial charge < -0.3 is 10.2 Å². The predicted octanol–water partition coefficient (Wildman–Crippen LogP) is 17.1. The van der Waals surface area contributed by atoms with Gasteiger partial charge in [-0.2, -0.15) is 0 Å². The quantitative estimate of drug-likeness (QED) is 0.0594. The molecule has 0 radical (unpaired) electrons. The molecule has 6 aromatic rings. The summed E-state index contributed by atoms with van der Waals surface area (Å²) < 4.78 is 0. The van der Waals surface area contributed by atoms with E-state index in [-0.39, 0.29) is 16.9 Å². The highest BCUT2D eigenvalue weighted by atomic mass is 16.3. The first kappa shape index (κ1) is 44.8. The van der Waals surface area contributed by atoms with Crippen molar-refractivity contribution in [3.63, 3.8) is 0 Å². The van der Waals surface area contributed by atoms with Crippen molar-refractivity contribution in [3.8, 4) is 33.4 Å². The van der Waals surface area contributed by atoms with Crippen LogP contribution in [0.15, 0.2) is 168 Å². The van der Waals surface area contributed by atoms with Crippen molar-refractivity contribution in [2.75, 3.05) is 0 Å². The van der Waals surface area contributed by atoms with Gasteiger partial charge in [-0.05, 0) is 118 Å². The minimum Gasteiger partial charge on any atom is -0.507 e. The van der Waals surface area contributed by atoms with Gasteiger partial charge in [-0.25, -0.2) is 0 Å². The Labute approximate surface area is 376 Å². The van der Waals surface area contributed by atoms with Crippen molar-refractivity contribution in [3.05, 3.63) is 180 Å². The van der Waals surface area contributed by atoms with Crippen molar-refractivity contribution in [1.82, 2.24) is 0 Å². The summed E-state index contributed by atoms with van der Waals surface area (Å²) >= 11 is 0. The van der Waals surface area contributed by atoms with Gasteiger partial charge in [0.2, 0.25) is 0 Å². The van der Waals surface area contributed by atoms with Crippen LogP contribution in [0, 0.1) is 11.8 Å². The van der Waals surface area contributed by atoms with Gasteiger partial charge in [0, 0.05) is 29.0 Å². The summed E-state index contributed by atoms with van der Waals surface area (Å²) in [5.41, 5.74) is 13.6. The summed E-state index contributed by atoms with van der Waals surface area (Å²) in [6.45, 7) is 9.45. The molecule has 2 N–H and O–H groups in total. The number of hydrogen-bond donors (Lipinski definition) is 2. The molecule has 0 aromatic heterocycles. The largest absolute Gasteiger partial charge is 0.507 e. The van der Waals surface area contributed by atoms with Crippen LogP contribution in [0.4, 0.5) is 11.4 Å². The zero-order chi connectivity index (χ0) is 44.0. The molecule has 0 spiro atoms. The Kier molecular flexibility index (Phi) is 15.4. The van der Waals surface area contributed by atoms with E-state index < -0.39 is 0 Å². The lowest BCUT2D eigenvalue weighted by atomic mass is 9.64. The summed E-state index contributed by atoms with van der Waals surface area (Å²) in [5.74, 6) is 1.64. The molecule has 0 bridgehead atoms. The summed E-state index contributed by atoms with van der Waals surface area (Å²) in [6, 6.07) is 50.5. The number of aliphatic imine (C=N–C) groups is 2. The van der Waals surface area contributed by atoms with E-state index in [1.165, 1.54) is 95.9 Å². The third kappa shape index (κ3) is 10.9. The van der Waals surface area contributed by atoms with E-state index >= 15 is 0 Å². The third-order valence-electron chi connectivity index (χ3n) is 13.2. The van der Waals surface area contributed by atoms with E-state index in [0.717, 1.165) is 35.3 Å². The number of rotatable bonds is 20. The van der Waals surface area contributed by atoms with Gasteiger partial charge >= 0.3 is 0 Å². The highest BCUT2D eigenvalue weighted by molar-refractivity contribution is 5.87. The summed E-state index contributed by atoms with van der Waals surface area (Å²) in [7, 11) is 0. The molecular formula is C59H64N2O2. The van der Waals surface area contributed by atoms with Crippen LogP contribution in [0.1, 0.15) is 114 Å². The van der Waals surface area contributed by atoms with Gasteiger partial charge in [0.15, 0.2) is 0 Å². The van der Waals surface area contributed by atoms with E-state index in [9.17, 15) is 10.2 Å². The molecular weight excluding hydrogens is 769 g/mol. The van der Waals surface area contributed by atoms with Crippen LogP contribution in [0.5, 0.6) is 0 Å². The molecule has 4 heteroatoms. The molecule has 322 valence electrons. The SMILES string of the molecule is CCCCC(CC)CC1(CC(CC)CCCC)c2cc(-c3ccc(N=C/C=C(\O)c4ccccc4)cc3)ccc2-c2ccc(-c3ccc(N=C/C=C(\O)c4ccccc4)cc3)cc21. The van der Waals surface area contributed by atoms with Crippen LogP contribution in [0.25, 0.3) is 44.9 Å². The summed E-state index contributed by atoms with van der Waals surface area (Å²) in [4.78, 5) is 9.27. The topological polar surface area (TPSA) is 65.2 Å². The molecule has 0 fully saturated rings. The Morgan fingerprint density at radius 2 is 0.873 bits per heavy atom. The Bertz CT molecular complexity index is 2340. The zero-order valence-electron chi connectivity index (χ0n) is 37.7. The monoisotopic (exact) mass is 832 g/mol. The first-order chi connectivity index (χ1) is 30.8. The summed E-state index contributed by atoms with van der Waals surface area (Å²) in [5, 5.41) is 21.0. The number of nitrogens with zero attached hydrogens (tertiary/aromatic N) is 2. The van der Waals surface area contributed by atoms with Crippen LogP contribution in [0.2, 0.25) is 0 Å². The van der Waals surface area contributed by atoms with Crippen molar-refractivity contribution in [2.24, 2.45) is 21.8 Å². The number of fused-ring (bicyclic) bond motifs is 3. The second kappa shape index (κ2) is 21.7. The lowest BCUT2D eigenvalue weighted by Crippen LogP contribution is -2.31.